The summed E-state index contributed by atoms with van der Waals surface area (Å²) < 4.78 is 0. The van der Waals surface area contributed by atoms with E-state index in [1.165, 1.54) is 24.8 Å². The first-order chi connectivity index (χ1) is 9.24. The lowest BCUT2D eigenvalue weighted by molar-refractivity contribution is 0.0957. The van der Waals surface area contributed by atoms with Crippen molar-refractivity contribution in [3.63, 3.8) is 0 Å². The van der Waals surface area contributed by atoms with Gasteiger partial charge < -0.3 is 5.32 Å². The number of hydrogen-bond acceptors (Lipinski definition) is 2. The second-order valence-corrected chi connectivity index (χ2v) is 5.59. The van der Waals surface area contributed by atoms with Gasteiger partial charge in [0.1, 0.15) is 0 Å². The Morgan fingerprint density at radius 2 is 2.21 bits per heavy atom. The Kier molecular flexibility index (Phi) is 5.00. The summed E-state index contributed by atoms with van der Waals surface area (Å²) >= 11 is 0. The lowest BCUT2D eigenvalue weighted by Gasteiger charge is -2.13. The van der Waals surface area contributed by atoms with Gasteiger partial charge in [-0.25, -0.2) is 0 Å². The average molecular weight is 259 g/mol. The van der Waals surface area contributed by atoms with Crippen molar-refractivity contribution in [1.82, 2.24) is 0 Å². The number of unbranched alkanes of at least 4 members (excludes halogenated alkanes) is 1. The third kappa shape index (κ3) is 3.59. The third-order valence-electron chi connectivity index (χ3n) is 4.16. The Hall–Kier alpha value is -1.31. The van der Waals surface area contributed by atoms with Crippen molar-refractivity contribution >= 4 is 11.5 Å². The van der Waals surface area contributed by atoms with Crippen LogP contribution in [-0.2, 0) is 6.42 Å². The van der Waals surface area contributed by atoms with Gasteiger partial charge in [0.25, 0.3) is 0 Å². The number of nitrogens with one attached hydrogen (secondary N) is 1. The first-order valence-electron chi connectivity index (χ1n) is 7.64. The third-order valence-corrected chi connectivity index (χ3v) is 4.16. The molecule has 2 heteroatoms. The molecule has 0 radical (unpaired) electrons. The maximum absolute atomic E-state index is 12.3. The van der Waals surface area contributed by atoms with Crippen molar-refractivity contribution in [1.29, 1.82) is 0 Å². The van der Waals surface area contributed by atoms with E-state index in [1.807, 2.05) is 12.1 Å². The number of hydrogen-bond donors (Lipinski definition) is 1. The van der Waals surface area contributed by atoms with Crippen molar-refractivity contribution in [3.8, 4) is 0 Å². The summed E-state index contributed by atoms with van der Waals surface area (Å²) in [6, 6.07) is 6.15. The molecule has 1 N–H and O–H groups in total. The van der Waals surface area contributed by atoms with Crippen LogP contribution in [0.4, 0.5) is 5.69 Å². The summed E-state index contributed by atoms with van der Waals surface area (Å²) in [6.45, 7) is 5.40. The molecule has 0 aliphatic carbocycles. The molecule has 2 nitrogen and oxygen atoms in total. The number of Topliss-reactive ketones (excluding diaryl/α,β-unsaturated/α-hetero) is 1. The van der Waals surface area contributed by atoms with Crippen molar-refractivity contribution in [2.45, 2.75) is 52.4 Å². The van der Waals surface area contributed by atoms with Crippen molar-refractivity contribution in [2.24, 2.45) is 5.92 Å². The molecule has 1 heterocycles. The van der Waals surface area contributed by atoms with Gasteiger partial charge in [0.15, 0.2) is 5.78 Å². The lowest BCUT2D eigenvalue weighted by atomic mass is 9.91. The molecule has 0 fully saturated rings. The highest BCUT2D eigenvalue weighted by Gasteiger charge is 2.16. The van der Waals surface area contributed by atoms with Crippen LogP contribution >= 0.6 is 0 Å². The van der Waals surface area contributed by atoms with E-state index in [2.05, 4.69) is 25.2 Å². The first-order valence-corrected chi connectivity index (χ1v) is 7.64. The zero-order chi connectivity index (χ0) is 13.7. The number of benzene rings is 1. The van der Waals surface area contributed by atoms with Crippen LogP contribution < -0.4 is 5.32 Å². The Morgan fingerprint density at radius 3 is 2.95 bits per heavy atom. The Bertz CT molecular complexity index is 439. The molecule has 0 saturated heterocycles. The predicted octanol–water partition coefficient (Wildman–Crippen LogP) is 4.44. The maximum Gasteiger partial charge on any atom is 0.163 e. The topological polar surface area (TPSA) is 29.1 Å². The minimum absolute atomic E-state index is 0.305. The molecular formula is C17H25NO. The van der Waals surface area contributed by atoms with E-state index < -0.39 is 0 Å². The van der Waals surface area contributed by atoms with Crippen molar-refractivity contribution < 1.29 is 4.79 Å². The Morgan fingerprint density at radius 1 is 1.37 bits per heavy atom. The minimum atomic E-state index is 0.305. The summed E-state index contributed by atoms with van der Waals surface area (Å²) in [7, 11) is 0. The average Bonchev–Trinajstić information content (AvgIpc) is 2.90. The number of carbonyl (C=O) groups is 1. The van der Waals surface area contributed by atoms with Crippen LogP contribution in [0.1, 0.15) is 61.9 Å². The molecular weight excluding hydrogens is 234 g/mol. The van der Waals surface area contributed by atoms with Crippen molar-refractivity contribution in [2.75, 3.05) is 11.9 Å². The van der Waals surface area contributed by atoms with Crippen molar-refractivity contribution in [3.05, 3.63) is 29.3 Å². The molecule has 1 aromatic rings. The van der Waals surface area contributed by atoms with Crippen LogP contribution in [0.2, 0.25) is 0 Å². The number of anilines is 1. The molecule has 2 rings (SSSR count). The van der Waals surface area contributed by atoms with E-state index in [1.54, 1.807) is 0 Å². The number of carbonyl (C=O) groups excluding carboxylic acids is 1. The minimum Gasteiger partial charge on any atom is -0.384 e. The molecule has 0 bridgehead atoms. The highest BCUT2D eigenvalue weighted by molar-refractivity contribution is 5.97. The first kappa shape index (κ1) is 14.1. The Balaban J connectivity index is 1.99. The van der Waals surface area contributed by atoms with E-state index in [0.29, 0.717) is 18.1 Å². The van der Waals surface area contributed by atoms with Gasteiger partial charge in [-0.3, -0.25) is 4.79 Å². The second-order valence-electron chi connectivity index (χ2n) is 5.59. The zero-order valence-corrected chi connectivity index (χ0v) is 12.2. The second kappa shape index (κ2) is 6.74. The van der Waals surface area contributed by atoms with Gasteiger partial charge in [-0.15, -0.1) is 0 Å². The summed E-state index contributed by atoms with van der Waals surface area (Å²) in [4.78, 5) is 12.3. The fourth-order valence-electron chi connectivity index (χ4n) is 2.79. The largest absolute Gasteiger partial charge is 0.384 e. The highest BCUT2D eigenvalue weighted by atomic mass is 16.1. The quantitative estimate of drug-likeness (QED) is 0.733. The molecule has 0 spiro atoms. The molecule has 1 aromatic carbocycles. The van der Waals surface area contributed by atoms with E-state index in [-0.39, 0.29) is 0 Å². The van der Waals surface area contributed by atoms with Gasteiger partial charge in [0.2, 0.25) is 0 Å². The van der Waals surface area contributed by atoms with Gasteiger partial charge in [0.05, 0.1) is 0 Å². The molecule has 1 aliphatic heterocycles. The van der Waals surface area contributed by atoms with Crippen LogP contribution in [0, 0.1) is 5.92 Å². The summed E-state index contributed by atoms with van der Waals surface area (Å²) in [5, 5.41) is 3.34. The number of ketones is 1. The van der Waals surface area contributed by atoms with E-state index in [9.17, 15) is 4.79 Å². The van der Waals surface area contributed by atoms with E-state index in [4.69, 9.17) is 0 Å². The van der Waals surface area contributed by atoms with Gasteiger partial charge in [-0.1, -0.05) is 51.7 Å². The smallest absolute Gasteiger partial charge is 0.163 e. The molecule has 104 valence electrons. The molecule has 0 amide bonds. The van der Waals surface area contributed by atoms with Crippen LogP contribution in [-0.4, -0.2) is 12.3 Å². The van der Waals surface area contributed by atoms with Crippen LogP contribution in [0.15, 0.2) is 18.2 Å². The van der Waals surface area contributed by atoms with E-state index in [0.717, 1.165) is 30.6 Å². The van der Waals surface area contributed by atoms with E-state index >= 15 is 0 Å². The standard InChI is InChI=1S/C17H25NO/c1-3-5-6-13(4-2)11-17(19)15-8-7-14-9-10-18-16(14)12-15/h7-8,12-13,18H,3-6,9-11H2,1-2H3. The lowest BCUT2D eigenvalue weighted by Crippen LogP contribution is -2.08. The maximum atomic E-state index is 12.3. The fraction of sp³-hybridized carbons (Fsp3) is 0.588. The summed E-state index contributed by atoms with van der Waals surface area (Å²) in [5.74, 6) is 0.855. The highest BCUT2D eigenvalue weighted by Crippen LogP contribution is 2.25. The molecule has 1 unspecified atom stereocenters. The van der Waals surface area contributed by atoms with Crippen LogP contribution in [0.25, 0.3) is 0 Å². The zero-order valence-electron chi connectivity index (χ0n) is 12.2. The molecule has 0 saturated carbocycles. The summed E-state index contributed by atoms with van der Waals surface area (Å²) in [6.07, 6.45) is 6.52. The Labute approximate surface area is 116 Å². The van der Waals surface area contributed by atoms with Gasteiger partial charge in [-0.2, -0.15) is 0 Å². The van der Waals surface area contributed by atoms with Crippen LogP contribution in [0.3, 0.4) is 0 Å². The fourth-order valence-corrected chi connectivity index (χ4v) is 2.79. The van der Waals surface area contributed by atoms with Gasteiger partial charge in [-0.05, 0) is 24.0 Å². The normalized spacial score (nSPS) is 14.8. The molecule has 0 aromatic heterocycles. The monoisotopic (exact) mass is 259 g/mol. The van der Waals surface area contributed by atoms with Gasteiger partial charge >= 0.3 is 0 Å². The number of rotatable bonds is 7. The summed E-state index contributed by atoms with van der Waals surface area (Å²) in [5.41, 5.74) is 3.38. The molecule has 1 aliphatic rings. The van der Waals surface area contributed by atoms with Gasteiger partial charge in [0, 0.05) is 24.2 Å². The SMILES string of the molecule is CCCCC(CC)CC(=O)c1ccc2c(c1)NCC2. The predicted molar refractivity (Wildman–Crippen MR) is 80.9 cm³/mol. The van der Waals surface area contributed by atoms with Crippen LogP contribution in [0.5, 0.6) is 0 Å². The molecule has 1 atom stereocenters. The molecule has 19 heavy (non-hydrogen) atoms. The number of fused-ring (bicyclic) bond motifs is 1.